The van der Waals surface area contributed by atoms with Gasteiger partial charge in [0, 0.05) is 17.1 Å². The summed E-state index contributed by atoms with van der Waals surface area (Å²) >= 11 is 0. The van der Waals surface area contributed by atoms with E-state index in [2.05, 4.69) is 0 Å². The van der Waals surface area contributed by atoms with Gasteiger partial charge in [-0.15, -0.1) is 0 Å². The van der Waals surface area contributed by atoms with Gasteiger partial charge in [-0.05, 0) is 0 Å². The van der Waals surface area contributed by atoms with Gasteiger partial charge in [-0.1, -0.05) is 0 Å². The van der Waals surface area contributed by atoms with Crippen LogP contribution in [0.5, 0.6) is 0 Å². The van der Waals surface area contributed by atoms with Gasteiger partial charge in [-0.2, -0.15) is 8.42 Å². The predicted octanol–water partition coefficient (Wildman–Crippen LogP) is -1.84. The van der Waals surface area contributed by atoms with Gasteiger partial charge in [0.05, 0.1) is 0 Å². The molecule has 1 unspecified atom stereocenters. The first-order chi connectivity index (χ1) is 2.00. The zero-order chi connectivity index (χ0) is 4.50. The largest absolute Gasteiger partial charge is 0 e. The van der Waals surface area contributed by atoms with E-state index in [1.54, 1.807) is 0 Å². The summed E-state index contributed by atoms with van der Waals surface area (Å²) < 4.78 is 31.6. The average Bonchev–Trinajstić information content (AvgIpc) is 0.722. The molecule has 0 aromatic rings. The Kier molecular flexibility index (Phi) is 11.4. The van der Waals surface area contributed by atoms with Crippen LogP contribution in [0.4, 0.5) is 0 Å². The summed E-state index contributed by atoms with van der Waals surface area (Å²) in [5, 5.41) is 0. The first-order valence-corrected chi connectivity index (χ1v) is 2.10. The van der Waals surface area contributed by atoms with Gasteiger partial charge in [0.15, 0.2) is 0 Å². The van der Waals surface area contributed by atoms with Crippen molar-refractivity contribution in [2.24, 2.45) is 0 Å². The molecule has 0 aliphatic carbocycles. The summed E-state index contributed by atoms with van der Waals surface area (Å²) in [4.78, 5) is 0. The van der Waals surface area contributed by atoms with Crippen LogP contribution in [0, 0.1) is 0 Å². The molecule has 0 bridgehead atoms. The third-order valence-corrected chi connectivity index (χ3v) is 0. The molecule has 1 radical (unpaired) electrons. The summed E-state index contributed by atoms with van der Waals surface area (Å²) in [5.74, 6) is 0. The number of rotatable bonds is 0. The summed E-state index contributed by atoms with van der Waals surface area (Å²) in [7, 11) is -4.67. The Morgan fingerprint density at radius 3 is 1.14 bits per heavy atom. The van der Waals surface area contributed by atoms with Gasteiger partial charge in [-0.3, -0.25) is 9.11 Å². The van der Waals surface area contributed by atoms with Crippen molar-refractivity contribution in [3.63, 3.8) is 0 Å². The molecule has 0 heterocycles. The van der Waals surface area contributed by atoms with Gasteiger partial charge in [0.25, 0.3) is 0 Å². The summed E-state index contributed by atoms with van der Waals surface area (Å²) in [6, 6.07) is 0. The van der Waals surface area contributed by atoms with Crippen LogP contribution < -0.4 is 0 Å². The van der Waals surface area contributed by atoms with Crippen molar-refractivity contribution in [2.45, 2.75) is 0 Å². The number of hydrogen-bond acceptors (Lipinski definition) is 2. The van der Waals surface area contributed by atoms with Gasteiger partial charge in [-0.25, -0.2) is 0 Å². The van der Waals surface area contributed by atoms with Gasteiger partial charge in [0.2, 0.25) is 0 Å². The zero-order valence-electron chi connectivity index (χ0n) is 3.13. The molecular weight excluding hydrogens is 235 g/mol. The van der Waals surface area contributed by atoms with Crippen LogP contribution in [0.2, 0.25) is 0 Å². The zero-order valence-corrected chi connectivity index (χ0v) is 7.85. The van der Waals surface area contributed by atoms with Crippen LogP contribution in [0.3, 0.4) is 0 Å². The third-order valence-electron chi connectivity index (χ3n) is 0. The van der Waals surface area contributed by atoms with Crippen molar-refractivity contribution in [3.05, 3.63) is 0 Å². The second-order valence-electron chi connectivity index (χ2n) is 0.448. The first kappa shape index (κ1) is 15.7. The predicted molar refractivity (Wildman–Crippen MR) is 24.1 cm³/mol. The van der Waals surface area contributed by atoms with Crippen LogP contribution in [0.15, 0.2) is 0 Å². The van der Waals surface area contributed by atoms with Crippen LogP contribution in [-0.4, -0.2) is 35.5 Å². The van der Waals surface area contributed by atoms with E-state index >= 15 is 0 Å². The summed E-state index contributed by atoms with van der Waals surface area (Å²) in [6.07, 6.45) is 0. The average molecular weight is 240 g/mol. The molecule has 4 nitrogen and oxygen atoms in total. The standard InChI is InChI=1S/AsH3.Cu.H2O4S/c;;1-5(2,3)4/h1H3;;(H2,1,2,3,4). The van der Waals surface area contributed by atoms with E-state index in [-0.39, 0.29) is 35.0 Å². The Labute approximate surface area is 63.0 Å². The summed E-state index contributed by atoms with van der Waals surface area (Å²) in [6.45, 7) is 0. The molecule has 0 amide bonds. The van der Waals surface area contributed by atoms with Crippen molar-refractivity contribution < 1.29 is 34.6 Å². The maximum absolute atomic E-state index is 8.74. The second-order valence-corrected chi connectivity index (χ2v) is 1.34. The molecule has 0 saturated heterocycles. The Morgan fingerprint density at radius 2 is 1.14 bits per heavy atom. The molecule has 2 N–H and O–H groups in total. The number of hydrogen-bond donors (Lipinski definition) is 2. The Hall–Kier alpha value is 0.948. The van der Waals surface area contributed by atoms with Gasteiger partial charge < -0.3 is 0 Å². The van der Waals surface area contributed by atoms with E-state index in [9.17, 15) is 0 Å². The maximum Gasteiger partial charge on any atom is 0 e. The Balaban J connectivity index is -0.0000000800. The van der Waals surface area contributed by atoms with Gasteiger partial charge in [0.1, 0.15) is 0 Å². The van der Waals surface area contributed by atoms with E-state index in [0.29, 0.717) is 0 Å². The Morgan fingerprint density at radius 1 is 1.14 bits per heavy atom. The van der Waals surface area contributed by atoms with E-state index in [1.807, 2.05) is 0 Å². The fraction of sp³-hybridized carbons (Fsp3) is 0. The first-order valence-electron chi connectivity index (χ1n) is 0.698. The fourth-order valence-corrected chi connectivity index (χ4v) is 0. The molecule has 0 aromatic carbocycles. The molecule has 0 aliphatic heterocycles. The minimum Gasteiger partial charge on any atom is 0 e. The molecule has 0 aliphatic rings. The molecule has 51 valence electrons. The van der Waals surface area contributed by atoms with Crippen molar-refractivity contribution in [1.29, 1.82) is 0 Å². The van der Waals surface area contributed by atoms with Crippen LogP contribution >= 0.6 is 0 Å². The minimum absolute atomic E-state index is 0. The van der Waals surface area contributed by atoms with Crippen molar-refractivity contribution >= 4 is 28.4 Å². The second kappa shape index (κ2) is 5.09. The van der Waals surface area contributed by atoms with Crippen LogP contribution in [0.25, 0.3) is 0 Å². The molecule has 7 heavy (non-hydrogen) atoms. The van der Waals surface area contributed by atoms with Crippen molar-refractivity contribution in [3.8, 4) is 0 Å². The topological polar surface area (TPSA) is 74.6 Å². The minimum atomic E-state index is -4.67. The molecule has 0 saturated carbocycles. The smallest absolute Gasteiger partial charge is 0 e. The maximum atomic E-state index is 8.74. The molecule has 0 aromatic heterocycles. The van der Waals surface area contributed by atoms with E-state index in [0.717, 1.165) is 0 Å². The SMILES string of the molecule is O=S(=O)(O)O.[AsH3].[Cu]. The van der Waals surface area contributed by atoms with E-state index in [1.165, 1.54) is 0 Å². The third kappa shape index (κ3) is 189. The van der Waals surface area contributed by atoms with E-state index < -0.39 is 10.4 Å². The molecule has 7 heteroatoms. The van der Waals surface area contributed by atoms with Crippen LogP contribution in [-0.2, 0) is 27.5 Å². The fourth-order valence-electron chi connectivity index (χ4n) is 0. The molecule has 0 spiro atoms. The molecular formula is H5AsCuO4S. The normalized spacial score (nSPS) is 8.29. The molecule has 1 atom stereocenters. The van der Waals surface area contributed by atoms with Crippen molar-refractivity contribution in [2.75, 3.05) is 0 Å². The van der Waals surface area contributed by atoms with Gasteiger partial charge >= 0.3 is 28.4 Å². The summed E-state index contributed by atoms with van der Waals surface area (Å²) in [5.41, 5.74) is 0. The van der Waals surface area contributed by atoms with Crippen molar-refractivity contribution in [1.82, 2.24) is 0 Å². The van der Waals surface area contributed by atoms with E-state index in [4.69, 9.17) is 17.5 Å². The quantitative estimate of drug-likeness (QED) is 0.385. The molecule has 0 rings (SSSR count). The molecule has 0 fully saturated rings. The Bertz CT molecular complexity index is 94.9. The monoisotopic (exact) mass is 239 g/mol. The van der Waals surface area contributed by atoms with Crippen LogP contribution in [0.1, 0.15) is 0 Å².